The normalized spacial score (nSPS) is 13.3. The molecule has 23 heavy (non-hydrogen) atoms. The Bertz CT molecular complexity index is 697. The maximum atomic E-state index is 12.2. The highest BCUT2D eigenvalue weighted by Crippen LogP contribution is 2.14. The van der Waals surface area contributed by atoms with E-state index < -0.39 is 17.9 Å². The summed E-state index contributed by atoms with van der Waals surface area (Å²) in [6, 6.07) is 6.56. The minimum atomic E-state index is -1.03. The maximum Gasteiger partial charge on any atom is 0.326 e. The third-order valence-electron chi connectivity index (χ3n) is 3.70. The summed E-state index contributed by atoms with van der Waals surface area (Å²) in [6.45, 7) is 3.68. The number of carbonyl (C=O) groups excluding carboxylic acids is 1. The van der Waals surface area contributed by atoms with Gasteiger partial charge in [0.2, 0.25) is 0 Å². The first-order valence-corrected chi connectivity index (χ1v) is 8.06. The number of aliphatic carboxylic acids is 1. The highest BCUT2D eigenvalue weighted by Gasteiger charge is 2.26. The lowest BCUT2D eigenvalue weighted by Crippen LogP contribution is -2.44. The Morgan fingerprint density at radius 3 is 2.57 bits per heavy atom. The van der Waals surface area contributed by atoms with Gasteiger partial charge in [-0.15, -0.1) is 0 Å². The van der Waals surface area contributed by atoms with Crippen molar-refractivity contribution < 1.29 is 14.7 Å². The molecule has 0 unspecified atom stereocenters. The van der Waals surface area contributed by atoms with Crippen molar-refractivity contribution >= 4 is 27.8 Å². The predicted molar refractivity (Wildman–Crippen MR) is 89.6 cm³/mol. The summed E-state index contributed by atoms with van der Waals surface area (Å²) >= 11 is 3.36. The number of carboxylic acids is 1. The number of aromatic nitrogens is 2. The van der Waals surface area contributed by atoms with Crippen LogP contribution in [0.15, 0.2) is 41.1 Å². The van der Waals surface area contributed by atoms with Crippen LogP contribution in [0.4, 0.5) is 0 Å². The number of hydrogen-bond donors (Lipinski definition) is 2. The van der Waals surface area contributed by atoms with Crippen LogP contribution >= 0.6 is 15.9 Å². The molecule has 2 atom stereocenters. The number of halogens is 1. The fourth-order valence-corrected chi connectivity index (χ4v) is 2.35. The molecule has 1 heterocycles. The number of nitrogens with one attached hydrogen (secondary N) is 1. The summed E-state index contributed by atoms with van der Waals surface area (Å²) in [5, 5.41) is 15.9. The van der Waals surface area contributed by atoms with Crippen molar-refractivity contribution in [1.29, 1.82) is 0 Å². The number of carbonyl (C=O) groups is 2. The van der Waals surface area contributed by atoms with Crippen molar-refractivity contribution in [2.24, 2.45) is 5.92 Å². The number of nitrogens with zero attached hydrogens (tertiary/aromatic N) is 2. The summed E-state index contributed by atoms with van der Waals surface area (Å²) in [5.41, 5.74) is 1.13. The van der Waals surface area contributed by atoms with E-state index >= 15 is 0 Å². The van der Waals surface area contributed by atoms with E-state index in [0.717, 1.165) is 10.2 Å². The first-order valence-electron chi connectivity index (χ1n) is 7.26. The lowest BCUT2D eigenvalue weighted by Gasteiger charge is -2.19. The van der Waals surface area contributed by atoms with Gasteiger partial charge in [0.05, 0.1) is 17.4 Å². The predicted octanol–water partition coefficient (Wildman–Crippen LogP) is 2.86. The van der Waals surface area contributed by atoms with Crippen LogP contribution in [0.5, 0.6) is 0 Å². The van der Waals surface area contributed by atoms with E-state index in [4.69, 9.17) is 0 Å². The summed E-state index contributed by atoms with van der Waals surface area (Å²) < 4.78 is 2.52. The van der Waals surface area contributed by atoms with E-state index in [1.165, 1.54) is 6.20 Å². The molecule has 0 saturated carbocycles. The first kappa shape index (κ1) is 17.2. The van der Waals surface area contributed by atoms with Gasteiger partial charge < -0.3 is 10.4 Å². The van der Waals surface area contributed by atoms with Crippen molar-refractivity contribution in [2.75, 3.05) is 0 Å². The summed E-state index contributed by atoms with van der Waals surface area (Å²) in [6.07, 6.45) is 3.66. The average molecular weight is 380 g/mol. The molecule has 1 amide bonds. The molecule has 2 N–H and O–H groups in total. The molecule has 1 aromatic carbocycles. The van der Waals surface area contributed by atoms with Crippen molar-refractivity contribution in [1.82, 2.24) is 15.1 Å². The van der Waals surface area contributed by atoms with Gasteiger partial charge in [-0.25, -0.2) is 9.48 Å². The molecule has 6 nitrogen and oxygen atoms in total. The van der Waals surface area contributed by atoms with Crippen LogP contribution in [0.2, 0.25) is 0 Å². The Hall–Kier alpha value is -2.15. The molecule has 0 radical (unpaired) electrons. The molecule has 1 aromatic heterocycles. The van der Waals surface area contributed by atoms with E-state index in [2.05, 4.69) is 26.3 Å². The van der Waals surface area contributed by atoms with Crippen LogP contribution < -0.4 is 5.32 Å². The van der Waals surface area contributed by atoms with Gasteiger partial charge >= 0.3 is 5.97 Å². The van der Waals surface area contributed by atoms with E-state index in [0.29, 0.717) is 12.0 Å². The molecule has 0 aliphatic carbocycles. The van der Waals surface area contributed by atoms with Crippen LogP contribution in [0.1, 0.15) is 30.6 Å². The fraction of sp³-hybridized carbons (Fsp3) is 0.312. The molecule has 0 aliphatic heterocycles. The Morgan fingerprint density at radius 1 is 1.35 bits per heavy atom. The summed E-state index contributed by atoms with van der Waals surface area (Å²) in [4.78, 5) is 23.5. The maximum absolute atomic E-state index is 12.2. The number of carboxylic acid groups (broad SMARTS) is 1. The zero-order chi connectivity index (χ0) is 17.0. The zero-order valence-corrected chi connectivity index (χ0v) is 14.4. The molecule has 122 valence electrons. The topological polar surface area (TPSA) is 84.2 Å². The first-order chi connectivity index (χ1) is 10.9. The van der Waals surface area contributed by atoms with Crippen molar-refractivity contribution in [3.8, 4) is 5.69 Å². The third-order valence-corrected chi connectivity index (χ3v) is 4.23. The van der Waals surface area contributed by atoms with Gasteiger partial charge in [-0.3, -0.25) is 4.79 Å². The summed E-state index contributed by atoms with van der Waals surface area (Å²) in [5.74, 6) is -1.63. The standard InChI is InChI=1S/C16H18BrN3O3/c1-3-10(2)14(16(22)23)19-15(21)11-8-18-20(9-11)13-6-4-12(17)5-7-13/h4-10,14H,3H2,1-2H3,(H,19,21)(H,22,23)/t10-,14-/m0/s1. The SMILES string of the molecule is CC[C@H](C)[C@H](NC(=O)c1cnn(-c2ccc(Br)cc2)c1)C(=O)O. The molecule has 0 fully saturated rings. The van der Waals surface area contributed by atoms with E-state index in [-0.39, 0.29) is 5.92 Å². The van der Waals surface area contributed by atoms with Crippen LogP contribution in [0.3, 0.4) is 0 Å². The molecule has 0 spiro atoms. The second-order valence-electron chi connectivity index (χ2n) is 5.32. The van der Waals surface area contributed by atoms with Gasteiger partial charge in [0.25, 0.3) is 5.91 Å². The van der Waals surface area contributed by atoms with Crippen LogP contribution in [-0.2, 0) is 4.79 Å². The molecule has 0 aliphatic rings. The molecular weight excluding hydrogens is 362 g/mol. The molecule has 0 saturated heterocycles. The lowest BCUT2D eigenvalue weighted by molar-refractivity contribution is -0.140. The Kier molecular flexibility index (Phi) is 5.54. The molecular formula is C16H18BrN3O3. The quantitative estimate of drug-likeness (QED) is 0.807. The Morgan fingerprint density at radius 2 is 2.00 bits per heavy atom. The van der Waals surface area contributed by atoms with Gasteiger partial charge in [-0.2, -0.15) is 5.10 Å². The van der Waals surface area contributed by atoms with Crippen LogP contribution in [-0.4, -0.2) is 32.8 Å². The lowest BCUT2D eigenvalue weighted by atomic mass is 9.99. The molecule has 7 heteroatoms. The van der Waals surface area contributed by atoms with Crippen LogP contribution in [0, 0.1) is 5.92 Å². The molecule has 2 aromatic rings. The van der Waals surface area contributed by atoms with Gasteiger partial charge in [0.15, 0.2) is 0 Å². The highest BCUT2D eigenvalue weighted by atomic mass is 79.9. The third kappa shape index (κ3) is 4.19. The van der Waals surface area contributed by atoms with E-state index in [9.17, 15) is 14.7 Å². The zero-order valence-electron chi connectivity index (χ0n) is 12.9. The number of amides is 1. The fourth-order valence-electron chi connectivity index (χ4n) is 2.08. The monoisotopic (exact) mass is 379 g/mol. The second-order valence-corrected chi connectivity index (χ2v) is 6.24. The number of hydrogen-bond acceptors (Lipinski definition) is 3. The van der Waals surface area contributed by atoms with Crippen LogP contribution in [0.25, 0.3) is 5.69 Å². The average Bonchev–Trinajstić information content (AvgIpc) is 3.02. The van der Waals surface area contributed by atoms with Crippen molar-refractivity contribution in [2.45, 2.75) is 26.3 Å². The second kappa shape index (κ2) is 7.41. The van der Waals surface area contributed by atoms with Gasteiger partial charge in [-0.1, -0.05) is 36.2 Å². The minimum absolute atomic E-state index is 0.155. The minimum Gasteiger partial charge on any atom is -0.480 e. The number of benzene rings is 1. The van der Waals surface area contributed by atoms with Gasteiger partial charge in [0, 0.05) is 10.7 Å². The molecule has 0 bridgehead atoms. The Balaban J connectivity index is 2.14. The largest absolute Gasteiger partial charge is 0.480 e. The smallest absolute Gasteiger partial charge is 0.326 e. The Labute approximate surface area is 142 Å². The van der Waals surface area contributed by atoms with Crippen molar-refractivity contribution in [3.63, 3.8) is 0 Å². The van der Waals surface area contributed by atoms with E-state index in [1.807, 2.05) is 31.2 Å². The van der Waals surface area contributed by atoms with Gasteiger partial charge in [-0.05, 0) is 30.2 Å². The number of rotatable bonds is 6. The highest BCUT2D eigenvalue weighted by molar-refractivity contribution is 9.10. The van der Waals surface area contributed by atoms with E-state index in [1.54, 1.807) is 17.8 Å². The molecule has 2 rings (SSSR count). The summed E-state index contributed by atoms with van der Waals surface area (Å²) in [7, 11) is 0. The van der Waals surface area contributed by atoms with Crippen molar-refractivity contribution in [3.05, 3.63) is 46.7 Å². The van der Waals surface area contributed by atoms with Gasteiger partial charge in [0.1, 0.15) is 6.04 Å².